The van der Waals surface area contributed by atoms with Crippen LogP contribution in [0, 0.1) is 6.92 Å². The Kier molecular flexibility index (Phi) is 4.03. The quantitative estimate of drug-likeness (QED) is 0.836. The van der Waals surface area contributed by atoms with Gasteiger partial charge in [0.2, 0.25) is 10.0 Å². The zero-order valence-corrected chi connectivity index (χ0v) is 12.7. The Bertz CT molecular complexity index is 740. The third-order valence-electron chi connectivity index (χ3n) is 2.81. The van der Waals surface area contributed by atoms with Gasteiger partial charge in [-0.2, -0.15) is 5.10 Å². The molecule has 0 aliphatic heterocycles. The van der Waals surface area contributed by atoms with Gasteiger partial charge < -0.3 is 5.73 Å². The monoisotopic (exact) mass is 314 g/mol. The summed E-state index contributed by atoms with van der Waals surface area (Å²) in [5, 5.41) is 4.25. The third kappa shape index (κ3) is 3.12. The summed E-state index contributed by atoms with van der Waals surface area (Å²) in [5.41, 5.74) is 7.55. The van der Waals surface area contributed by atoms with Crippen LogP contribution in [-0.2, 0) is 23.6 Å². The van der Waals surface area contributed by atoms with Crippen LogP contribution in [0.25, 0.3) is 0 Å². The van der Waals surface area contributed by atoms with Gasteiger partial charge in [0, 0.05) is 31.0 Å². The molecule has 1 heterocycles. The maximum Gasteiger partial charge on any atom is 0.242 e. The summed E-state index contributed by atoms with van der Waals surface area (Å²) in [5.74, 6) is 0. The molecule has 0 saturated carbocycles. The fourth-order valence-electron chi connectivity index (χ4n) is 1.81. The molecule has 20 heavy (non-hydrogen) atoms. The average molecular weight is 315 g/mol. The molecule has 0 bridgehead atoms. The van der Waals surface area contributed by atoms with Gasteiger partial charge in [-0.3, -0.25) is 4.68 Å². The number of nitrogen functional groups attached to an aromatic ring is 1. The predicted octanol–water partition coefficient (Wildman–Crippen LogP) is 1.44. The lowest BCUT2D eigenvalue weighted by atomic mass is 10.3. The van der Waals surface area contributed by atoms with E-state index < -0.39 is 10.0 Å². The van der Waals surface area contributed by atoms with Crippen molar-refractivity contribution in [1.82, 2.24) is 14.5 Å². The van der Waals surface area contributed by atoms with E-state index in [1.54, 1.807) is 17.9 Å². The van der Waals surface area contributed by atoms with Crippen molar-refractivity contribution in [3.05, 3.63) is 40.7 Å². The molecule has 1 aromatic carbocycles. The minimum Gasteiger partial charge on any atom is -0.399 e. The first-order chi connectivity index (χ1) is 9.29. The van der Waals surface area contributed by atoms with Crippen LogP contribution in [0.5, 0.6) is 0 Å². The van der Waals surface area contributed by atoms with Gasteiger partial charge in [0.25, 0.3) is 0 Å². The van der Waals surface area contributed by atoms with Crippen molar-refractivity contribution < 1.29 is 8.42 Å². The van der Waals surface area contributed by atoms with Crippen LogP contribution in [0.3, 0.4) is 0 Å². The van der Waals surface area contributed by atoms with Gasteiger partial charge in [0.15, 0.2) is 0 Å². The molecule has 0 unspecified atom stereocenters. The van der Waals surface area contributed by atoms with Gasteiger partial charge in [0.05, 0.1) is 10.7 Å². The molecule has 3 N–H and O–H groups in total. The van der Waals surface area contributed by atoms with Crippen molar-refractivity contribution in [2.24, 2.45) is 7.05 Å². The standard InChI is InChI=1S/C12H15ClN4O2S/c1-8-9(7-17(2)16-8)6-15-20(18,19)12-4-3-10(14)5-11(12)13/h3-5,7,15H,6,14H2,1-2H3. The molecule has 0 atom stereocenters. The second-order valence-electron chi connectivity index (χ2n) is 4.43. The van der Waals surface area contributed by atoms with Crippen LogP contribution in [-0.4, -0.2) is 18.2 Å². The molecule has 0 fully saturated rings. The van der Waals surface area contributed by atoms with E-state index in [0.29, 0.717) is 5.69 Å². The number of sulfonamides is 1. The SMILES string of the molecule is Cc1nn(C)cc1CNS(=O)(=O)c1ccc(N)cc1Cl. The highest BCUT2D eigenvalue weighted by Gasteiger charge is 2.18. The molecule has 0 aliphatic rings. The molecule has 2 aromatic rings. The molecule has 1 aromatic heterocycles. The molecule has 0 spiro atoms. The Labute approximate surface area is 122 Å². The van der Waals surface area contributed by atoms with Crippen LogP contribution >= 0.6 is 11.6 Å². The van der Waals surface area contributed by atoms with Gasteiger partial charge in [-0.05, 0) is 25.1 Å². The minimum absolute atomic E-state index is 0.00918. The molecule has 0 amide bonds. The molecule has 108 valence electrons. The summed E-state index contributed by atoms with van der Waals surface area (Å²) in [6.45, 7) is 1.97. The molecular weight excluding hydrogens is 300 g/mol. The van der Waals surface area contributed by atoms with Crippen molar-refractivity contribution in [2.75, 3.05) is 5.73 Å². The van der Waals surface area contributed by atoms with Gasteiger partial charge >= 0.3 is 0 Å². The predicted molar refractivity (Wildman–Crippen MR) is 77.8 cm³/mol. The second-order valence-corrected chi connectivity index (χ2v) is 6.57. The number of rotatable bonds is 4. The maximum absolute atomic E-state index is 12.2. The second kappa shape index (κ2) is 5.43. The van der Waals surface area contributed by atoms with Crippen LogP contribution in [0.1, 0.15) is 11.3 Å². The highest BCUT2D eigenvalue weighted by atomic mass is 35.5. The Morgan fingerprint density at radius 3 is 2.70 bits per heavy atom. The van der Waals surface area contributed by atoms with E-state index in [9.17, 15) is 8.42 Å². The van der Waals surface area contributed by atoms with Crippen molar-refractivity contribution in [3.8, 4) is 0 Å². The number of nitrogens with two attached hydrogens (primary N) is 1. The number of hydrogen-bond acceptors (Lipinski definition) is 4. The molecule has 8 heteroatoms. The zero-order valence-electron chi connectivity index (χ0n) is 11.1. The number of aryl methyl sites for hydroxylation is 2. The van der Waals surface area contributed by atoms with Gasteiger partial charge in [0.1, 0.15) is 4.90 Å². The third-order valence-corrected chi connectivity index (χ3v) is 4.70. The summed E-state index contributed by atoms with van der Waals surface area (Å²) in [6, 6.07) is 4.29. The number of hydrogen-bond donors (Lipinski definition) is 2. The topological polar surface area (TPSA) is 90.0 Å². The highest BCUT2D eigenvalue weighted by Crippen LogP contribution is 2.23. The van der Waals surface area contributed by atoms with E-state index in [1.807, 2.05) is 6.92 Å². The lowest BCUT2D eigenvalue weighted by Gasteiger charge is -2.08. The largest absolute Gasteiger partial charge is 0.399 e. The molecule has 2 rings (SSSR count). The lowest BCUT2D eigenvalue weighted by Crippen LogP contribution is -2.23. The number of benzene rings is 1. The van der Waals surface area contributed by atoms with Crippen LogP contribution in [0.2, 0.25) is 5.02 Å². The molecular formula is C12H15ClN4O2S. The summed E-state index contributed by atoms with van der Waals surface area (Å²) < 4.78 is 28.5. The lowest BCUT2D eigenvalue weighted by molar-refractivity contribution is 0.581. The zero-order chi connectivity index (χ0) is 14.9. The first kappa shape index (κ1) is 14.8. The first-order valence-electron chi connectivity index (χ1n) is 5.83. The van der Waals surface area contributed by atoms with E-state index in [1.165, 1.54) is 18.2 Å². The van der Waals surface area contributed by atoms with Gasteiger partial charge in [-0.25, -0.2) is 13.1 Å². The Morgan fingerprint density at radius 1 is 1.45 bits per heavy atom. The van der Waals surface area contributed by atoms with Gasteiger partial charge in [-0.1, -0.05) is 11.6 Å². The normalized spacial score (nSPS) is 11.8. The van der Waals surface area contributed by atoms with Gasteiger partial charge in [-0.15, -0.1) is 0 Å². The summed E-state index contributed by atoms with van der Waals surface area (Å²) in [7, 11) is -1.91. The molecule has 0 aliphatic carbocycles. The summed E-state index contributed by atoms with van der Waals surface area (Å²) in [6.07, 6.45) is 1.77. The smallest absolute Gasteiger partial charge is 0.242 e. The molecule has 6 nitrogen and oxygen atoms in total. The maximum atomic E-state index is 12.2. The van der Waals surface area contributed by atoms with Crippen LogP contribution in [0.15, 0.2) is 29.3 Å². The molecule has 0 radical (unpaired) electrons. The van der Waals surface area contributed by atoms with Crippen molar-refractivity contribution in [3.63, 3.8) is 0 Å². The summed E-state index contributed by atoms with van der Waals surface area (Å²) in [4.78, 5) is 0.00918. The van der Waals surface area contributed by atoms with E-state index in [0.717, 1.165) is 11.3 Å². The minimum atomic E-state index is -3.69. The van der Waals surface area contributed by atoms with E-state index in [4.69, 9.17) is 17.3 Å². The van der Waals surface area contributed by atoms with Crippen molar-refractivity contribution in [1.29, 1.82) is 0 Å². The fraction of sp³-hybridized carbons (Fsp3) is 0.250. The average Bonchev–Trinajstić information content (AvgIpc) is 2.65. The van der Waals surface area contributed by atoms with Crippen LogP contribution < -0.4 is 10.5 Å². The molecule has 0 saturated heterocycles. The first-order valence-corrected chi connectivity index (χ1v) is 7.69. The van der Waals surface area contributed by atoms with E-state index in [2.05, 4.69) is 9.82 Å². The van der Waals surface area contributed by atoms with Crippen molar-refractivity contribution >= 4 is 27.3 Å². The van der Waals surface area contributed by atoms with Crippen LogP contribution in [0.4, 0.5) is 5.69 Å². The Balaban J connectivity index is 2.21. The fourth-order valence-corrected chi connectivity index (χ4v) is 3.37. The number of halogens is 1. The van der Waals surface area contributed by atoms with E-state index >= 15 is 0 Å². The number of aromatic nitrogens is 2. The summed E-state index contributed by atoms with van der Waals surface area (Å²) >= 11 is 5.92. The van der Waals surface area contributed by atoms with Crippen molar-refractivity contribution in [2.45, 2.75) is 18.4 Å². The Morgan fingerprint density at radius 2 is 2.15 bits per heavy atom. The number of anilines is 1. The Hall–Kier alpha value is -1.57. The number of nitrogens with zero attached hydrogens (tertiary/aromatic N) is 2. The van der Waals surface area contributed by atoms with E-state index in [-0.39, 0.29) is 16.5 Å². The number of nitrogens with one attached hydrogen (secondary N) is 1. The highest BCUT2D eigenvalue weighted by molar-refractivity contribution is 7.89.